The molecule has 0 aromatic rings. The van der Waals surface area contributed by atoms with Crippen molar-refractivity contribution < 1.29 is 39.5 Å². The van der Waals surface area contributed by atoms with Crippen molar-refractivity contribution >= 4 is 12.1 Å². The second-order valence-electron chi connectivity index (χ2n) is 8.01. The van der Waals surface area contributed by atoms with Gasteiger partial charge in [0.15, 0.2) is 0 Å². The highest BCUT2D eigenvalue weighted by atomic mass is 16.6. The fourth-order valence-corrected chi connectivity index (χ4v) is 3.14. The van der Waals surface area contributed by atoms with Crippen LogP contribution >= 0.6 is 0 Å². The lowest BCUT2D eigenvalue weighted by Gasteiger charge is -2.43. The number of nitrogens with one attached hydrogen (secondary N) is 1. The van der Waals surface area contributed by atoms with E-state index in [0.717, 1.165) is 0 Å². The quantitative estimate of drug-likeness (QED) is 0.252. The Kier molecular flexibility index (Phi) is 9.58. The van der Waals surface area contributed by atoms with E-state index < -0.39 is 48.1 Å². The molecule has 0 unspecified atom stereocenters. The zero-order valence-electron chi connectivity index (χ0n) is 17.0. The summed E-state index contributed by atoms with van der Waals surface area (Å²) in [5.74, 6) is -0.578. The van der Waals surface area contributed by atoms with Crippen molar-refractivity contribution in [2.45, 2.75) is 76.0 Å². The molecule has 0 bridgehead atoms. The Hall–Kier alpha value is -1.46. The number of aliphatic hydroxyl groups is 4. The summed E-state index contributed by atoms with van der Waals surface area (Å²) in [6, 6.07) is -1.53. The Morgan fingerprint density at radius 2 is 1.82 bits per heavy atom. The summed E-state index contributed by atoms with van der Waals surface area (Å²) in [5, 5.41) is 41.5. The number of amides is 1. The van der Waals surface area contributed by atoms with Crippen LogP contribution in [0.1, 0.15) is 40.0 Å². The van der Waals surface area contributed by atoms with Crippen LogP contribution in [0.2, 0.25) is 0 Å². The highest BCUT2D eigenvalue weighted by Gasteiger charge is 2.40. The number of rotatable bonds is 8. The minimum Gasteiger partial charge on any atom is -0.467 e. The lowest BCUT2D eigenvalue weighted by atomic mass is 9.94. The first kappa shape index (κ1) is 24.6. The van der Waals surface area contributed by atoms with E-state index in [2.05, 4.69) is 5.32 Å². The second-order valence-corrected chi connectivity index (χ2v) is 8.01. The summed E-state index contributed by atoms with van der Waals surface area (Å²) >= 11 is 0. The minimum atomic E-state index is -1.30. The molecule has 1 fully saturated rings. The number of nitrogens with zero attached hydrogens (tertiary/aromatic N) is 1. The average molecular weight is 406 g/mol. The van der Waals surface area contributed by atoms with Crippen LogP contribution in [0.15, 0.2) is 0 Å². The molecule has 1 rings (SSSR count). The van der Waals surface area contributed by atoms with Crippen molar-refractivity contribution in [2.75, 3.05) is 26.8 Å². The Bertz CT molecular complexity index is 510. The van der Waals surface area contributed by atoms with E-state index in [1.807, 2.05) is 0 Å². The number of β-amino-alcohol motifs (C(OH)–C–C–N with tert-alkyl or cyclic N) is 1. The molecule has 0 radical (unpaired) electrons. The van der Waals surface area contributed by atoms with E-state index in [9.17, 15) is 30.0 Å². The average Bonchev–Trinajstić information content (AvgIpc) is 2.60. The monoisotopic (exact) mass is 406 g/mol. The van der Waals surface area contributed by atoms with Gasteiger partial charge in [-0.15, -0.1) is 0 Å². The van der Waals surface area contributed by atoms with Crippen molar-refractivity contribution in [1.29, 1.82) is 0 Å². The first-order valence-electron chi connectivity index (χ1n) is 9.46. The fourth-order valence-electron chi connectivity index (χ4n) is 3.14. The fraction of sp³-hybridized carbons (Fsp3) is 0.889. The van der Waals surface area contributed by atoms with Crippen LogP contribution in [0, 0.1) is 0 Å². The van der Waals surface area contributed by atoms with Crippen LogP contribution in [-0.2, 0) is 14.3 Å². The van der Waals surface area contributed by atoms with Gasteiger partial charge in [-0.05, 0) is 46.6 Å². The third-order valence-corrected chi connectivity index (χ3v) is 4.58. The summed E-state index contributed by atoms with van der Waals surface area (Å²) in [6.07, 6.45) is -2.92. The predicted molar refractivity (Wildman–Crippen MR) is 99.5 cm³/mol. The molecule has 1 heterocycles. The summed E-state index contributed by atoms with van der Waals surface area (Å²) in [7, 11) is 1.24. The number of methoxy groups -OCH3 is 1. The molecule has 0 spiro atoms. The molecule has 0 saturated carbocycles. The molecule has 1 aliphatic rings. The molecule has 0 aromatic carbocycles. The lowest BCUT2D eigenvalue weighted by molar-refractivity contribution is -0.145. The maximum Gasteiger partial charge on any atom is 0.408 e. The molecule has 5 N–H and O–H groups in total. The maximum atomic E-state index is 11.9. The summed E-state index contributed by atoms with van der Waals surface area (Å²) in [6.45, 7) is 5.36. The molecule has 28 heavy (non-hydrogen) atoms. The summed E-state index contributed by atoms with van der Waals surface area (Å²) < 4.78 is 9.87. The predicted octanol–water partition coefficient (Wildman–Crippen LogP) is -1.02. The van der Waals surface area contributed by atoms with E-state index >= 15 is 0 Å². The number of likely N-dealkylation sites (tertiary alicyclic amines) is 1. The van der Waals surface area contributed by atoms with E-state index in [1.54, 1.807) is 25.7 Å². The summed E-state index contributed by atoms with van der Waals surface area (Å²) in [4.78, 5) is 25.5. The zero-order valence-corrected chi connectivity index (χ0v) is 17.0. The molecule has 0 aromatic heterocycles. The van der Waals surface area contributed by atoms with Gasteiger partial charge in [0, 0.05) is 6.54 Å². The second kappa shape index (κ2) is 10.9. The molecule has 1 amide bonds. The standard InChI is InChI=1S/C18H34N2O8/c1-18(2,3)28-17(26)19-11(16(25)27-4)7-5-6-8-20-9-13(22)15(24)14(23)12(20)10-21/h11-15,21-24H,5-10H2,1-4H3,(H,19,26)/t11-,12-,13-,14+,15+/m0/s1. The van der Waals surface area contributed by atoms with Gasteiger partial charge in [-0.3, -0.25) is 4.90 Å². The van der Waals surface area contributed by atoms with Crippen LogP contribution < -0.4 is 5.32 Å². The van der Waals surface area contributed by atoms with E-state index in [4.69, 9.17) is 9.47 Å². The topological polar surface area (TPSA) is 149 Å². The number of piperidine rings is 1. The van der Waals surface area contributed by atoms with Crippen LogP contribution in [0.25, 0.3) is 0 Å². The number of hydrogen-bond donors (Lipinski definition) is 5. The Balaban J connectivity index is 2.53. The Morgan fingerprint density at radius 3 is 2.36 bits per heavy atom. The highest BCUT2D eigenvalue weighted by Crippen LogP contribution is 2.20. The number of aliphatic hydroxyl groups excluding tert-OH is 4. The minimum absolute atomic E-state index is 0.125. The van der Waals surface area contributed by atoms with Gasteiger partial charge in [-0.25, -0.2) is 9.59 Å². The molecular formula is C18H34N2O8. The highest BCUT2D eigenvalue weighted by molar-refractivity contribution is 5.81. The molecule has 0 aliphatic carbocycles. The van der Waals surface area contributed by atoms with Crippen molar-refractivity contribution in [1.82, 2.24) is 10.2 Å². The first-order chi connectivity index (χ1) is 13.0. The van der Waals surface area contributed by atoms with Gasteiger partial charge >= 0.3 is 12.1 Å². The van der Waals surface area contributed by atoms with Crippen molar-refractivity contribution in [3.63, 3.8) is 0 Å². The molecule has 1 saturated heterocycles. The molecule has 5 atom stereocenters. The van der Waals surface area contributed by atoms with Crippen molar-refractivity contribution in [3.05, 3.63) is 0 Å². The third-order valence-electron chi connectivity index (χ3n) is 4.58. The van der Waals surface area contributed by atoms with E-state index in [0.29, 0.717) is 25.8 Å². The van der Waals surface area contributed by atoms with Crippen LogP contribution in [0.4, 0.5) is 4.79 Å². The number of hydrogen-bond acceptors (Lipinski definition) is 9. The van der Waals surface area contributed by atoms with Gasteiger partial charge in [0.05, 0.1) is 25.9 Å². The molecule has 164 valence electrons. The molecule has 10 heteroatoms. The summed E-state index contributed by atoms with van der Waals surface area (Å²) in [5.41, 5.74) is -0.690. The van der Waals surface area contributed by atoms with Gasteiger partial charge in [0.1, 0.15) is 23.9 Å². The van der Waals surface area contributed by atoms with Crippen LogP contribution in [-0.4, -0.2) is 100 Å². The van der Waals surface area contributed by atoms with Crippen molar-refractivity contribution in [3.8, 4) is 0 Å². The van der Waals surface area contributed by atoms with Gasteiger partial charge in [-0.2, -0.15) is 0 Å². The number of unbranched alkanes of at least 4 members (excludes halogenated alkanes) is 1. The van der Waals surface area contributed by atoms with Gasteiger partial charge in [0.25, 0.3) is 0 Å². The van der Waals surface area contributed by atoms with Gasteiger partial charge < -0.3 is 35.2 Å². The van der Waals surface area contributed by atoms with Crippen molar-refractivity contribution in [2.24, 2.45) is 0 Å². The molecule has 10 nitrogen and oxygen atoms in total. The maximum absolute atomic E-state index is 11.9. The SMILES string of the molecule is COC(=O)[C@H](CCCCN1C[C@H](O)[C@@H](O)[C@H](O)[C@@H]1CO)NC(=O)OC(C)(C)C. The van der Waals surface area contributed by atoms with Gasteiger partial charge in [0.2, 0.25) is 0 Å². The number of carbonyl (C=O) groups excluding carboxylic acids is 2. The third kappa shape index (κ3) is 7.51. The van der Waals surface area contributed by atoms with E-state index in [1.165, 1.54) is 7.11 Å². The molecule has 1 aliphatic heterocycles. The number of alkyl carbamates (subject to hydrolysis) is 1. The Labute approximate surface area is 165 Å². The normalized spacial score (nSPS) is 27.1. The number of esters is 1. The molecular weight excluding hydrogens is 372 g/mol. The van der Waals surface area contributed by atoms with Crippen LogP contribution in [0.5, 0.6) is 0 Å². The Morgan fingerprint density at radius 1 is 1.18 bits per heavy atom. The van der Waals surface area contributed by atoms with E-state index in [-0.39, 0.29) is 13.2 Å². The smallest absolute Gasteiger partial charge is 0.408 e. The lowest BCUT2D eigenvalue weighted by Crippen LogP contribution is -2.62. The first-order valence-corrected chi connectivity index (χ1v) is 9.46. The number of carbonyl (C=O) groups is 2. The number of ether oxygens (including phenoxy) is 2. The largest absolute Gasteiger partial charge is 0.467 e. The van der Waals surface area contributed by atoms with Crippen LogP contribution in [0.3, 0.4) is 0 Å². The zero-order chi connectivity index (χ0) is 21.5. The van der Waals surface area contributed by atoms with Gasteiger partial charge in [-0.1, -0.05) is 0 Å².